The molecule has 0 aromatic carbocycles. The average Bonchev–Trinajstić information content (AvgIpc) is 2.69. The molecule has 0 atom stereocenters. The van der Waals surface area contributed by atoms with Crippen molar-refractivity contribution in [3.63, 3.8) is 0 Å². The molecule has 94 valence electrons. The molecule has 0 bridgehead atoms. The lowest BCUT2D eigenvalue weighted by atomic mass is 10.1. The van der Waals surface area contributed by atoms with Crippen LogP contribution in [0.25, 0.3) is 0 Å². The highest BCUT2D eigenvalue weighted by Crippen LogP contribution is 2.25. The van der Waals surface area contributed by atoms with Crippen LogP contribution in [-0.4, -0.2) is 27.5 Å². The highest BCUT2D eigenvalue weighted by molar-refractivity contribution is 9.10. The Morgan fingerprint density at radius 3 is 2.59 bits per heavy atom. The van der Waals surface area contributed by atoms with Gasteiger partial charge in [-0.2, -0.15) is 0 Å². The van der Waals surface area contributed by atoms with Gasteiger partial charge in [0.1, 0.15) is 0 Å². The molecule has 1 saturated heterocycles. The first-order chi connectivity index (χ1) is 8.34. The smallest absolute Gasteiger partial charge is 0.177 e. The molecular weight excluding hydrogens is 278 g/mol. The number of aromatic nitrogens is 2. The summed E-state index contributed by atoms with van der Waals surface area (Å²) in [5.41, 5.74) is 2.80. The molecule has 0 N–H and O–H groups in total. The van der Waals surface area contributed by atoms with Gasteiger partial charge < -0.3 is 4.57 Å². The summed E-state index contributed by atoms with van der Waals surface area (Å²) >= 11 is 3.60. The molecule has 3 heterocycles. The molecule has 1 aromatic heterocycles. The lowest BCUT2D eigenvalue weighted by molar-refractivity contribution is 0.218. The second-order valence-electron chi connectivity index (χ2n) is 5.22. The summed E-state index contributed by atoms with van der Waals surface area (Å²) in [4.78, 5) is 7.29. The van der Waals surface area contributed by atoms with Crippen LogP contribution in [0.15, 0.2) is 4.73 Å². The van der Waals surface area contributed by atoms with Crippen LogP contribution in [0.3, 0.4) is 0 Å². The predicted molar refractivity (Wildman–Crippen MR) is 72.0 cm³/mol. The average molecular weight is 298 g/mol. The monoisotopic (exact) mass is 297 g/mol. The zero-order valence-corrected chi connectivity index (χ0v) is 11.9. The molecule has 3 rings (SSSR count). The summed E-state index contributed by atoms with van der Waals surface area (Å²) in [5, 5.41) is 0. The lowest BCUT2D eigenvalue weighted by Crippen LogP contribution is -2.29. The summed E-state index contributed by atoms with van der Waals surface area (Å²) in [6.07, 6.45) is 7.95. The Labute approximate surface area is 111 Å². The van der Waals surface area contributed by atoms with Crippen molar-refractivity contribution in [3.8, 4) is 0 Å². The van der Waals surface area contributed by atoms with E-state index in [4.69, 9.17) is 4.98 Å². The van der Waals surface area contributed by atoms with E-state index in [-0.39, 0.29) is 0 Å². The van der Waals surface area contributed by atoms with Gasteiger partial charge in [0.2, 0.25) is 0 Å². The Balaban J connectivity index is 1.78. The molecule has 17 heavy (non-hydrogen) atoms. The van der Waals surface area contributed by atoms with Crippen LogP contribution in [0.2, 0.25) is 0 Å². The fraction of sp³-hybridized carbons (Fsp3) is 0.769. The minimum Gasteiger partial charge on any atom is -0.322 e. The standard InChI is InChI=1S/C13H20BrN3/c14-13-15-11(10-16-7-3-1-4-8-16)12-6-2-5-9-17(12)13/h1-10H2. The van der Waals surface area contributed by atoms with Crippen molar-refractivity contribution in [2.45, 2.75) is 51.6 Å². The summed E-state index contributed by atoms with van der Waals surface area (Å²) < 4.78 is 3.40. The number of likely N-dealkylation sites (tertiary alicyclic amines) is 1. The van der Waals surface area contributed by atoms with Crippen LogP contribution in [0, 0.1) is 0 Å². The number of imidazole rings is 1. The van der Waals surface area contributed by atoms with E-state index in [2.05, 4.69) is 25.4 Å². The van der Waals surface area contributed by atoms with Gasteiger partial charge in [-0.15, -0.1) is 0 Å². The number of rotatable bonds is 2. The molecule has 1 fully saturated rings. The van der Waals surface area contributed by atoms with Gasteiger partial charge >= 0.3 is 0 Å². The van der Waals surface area contributed by atoms with Crippen LogP contribution in [0.1, 0.15) is 43.5 Å². The third kappa shape index (κ3) is 2.43. The molecular formula is C13H20BrN3. The number of fused-ring (bicyclic) bond motifs is 1. The van der Waals surface area contributed by atoms with E-state index in [9.17, 15) is 0 Å². The molecule has 2 aliphatic rings. The van der Waals surface area contributed by atoms with Gasteiger partial charge in [-0.05, 0) is 61.1 Å². The Morgan fingerprint density at radius 1 is 1.00 bits per heavy atom. The van der Waals surface area contributed by atoms with E-state index in [0.29, 0.717) is 0 Å². The molecule has 0 aliphatic carbocycles. The first kappa shape index (κ1) is 11.7. The second kappa shape index (κ2) is 5.11. The van der Waals surface area contributed by atoms with Crippen molar-refractivity contribution in [3.05, 3.63) is 16.1 Å². The molecule has 4 heteroatoms. The lowest BCUT2D eigenvalue weighted by Gasteiger charge is -2.26. The van der Waals surface area contributed by atoms with Crippen molar-refractivity contribution in [2.75, 3.05) is 13.1 Å². The number of hydrogen-bond acceptors (Lipinski definition) is 2. The zero-order valence-electron chi connectivity index (χ0n) is 10.3. The van der Waals surface area contributed by atoms with Crippen LogP contribution < -0.4 is 0 Å². The van der Waals surface area contributed by atoms with Gasteiger partial charge in [-0.1, -0.05) is 6.42 Å². The maximum atomic E-state index is 4.72. The molecule has 1 aromatic rings. The molecule has 0 spiro atoms. The van der Waals surface area contributed by atoms with Gasteiger partial charge in [0, 0.05) is 18.8 Å². The normalized spacial score (nSPS) is 21.5. The van der Waals surface area contributed by atoms with Gasteiger partial charge in [-0.25, -0.2) is 4.98 Å². The number of piperidine rings is 1. The molecule has 0 radical (unpaired) electrons. The van der Waals surface area contributed by atoms with E-state index >= 15 is 0 Å². The van der Waals surface area contributed by atoms with E-state index in [1.54, 1.807) is 0 Å². The minimum atomic E-state index is 1.04. The van der Waals surface area contributed by atoms with E-state index in [1.807, 2.05) is 0 Å². The molecule has 0 unspecified atom stereocenters. The first-order valence-corrected chi connectivity index (χ1v) is 7.60. The molecule has 2 aliphatic heterocycles. The highest BCUT2D eigenvalue weighted by atomic mass is 79.9. The fourth-order valence-electron chi connectivity index (χ4n) is 3.03. The van der Waals surface area contributed by atoms with Crippen LogP contribution in [-0.2, 0) is 19.5 Å². The minimum absolute atomic E-state index is 1.04. The maximum Gasteiger partial charge on any atom is 0.177 e. The number of nitrogens with zero attached hydrogens (tertiary/aromatic N) is 3. The Bertz CT molecular complexity index is 394. The van der Waals surface area contributed by atoms with Gasteiger partial charge in [0.05, 0.1) is 5.69 Å². The van der Waals surface area contributed by atoms with Crippen molar-refractivity contribution < 1.29 is 0 Å². The van der Waals surface area contributed by atoms with Gasteiger partial charge in [-0.3, -0.25) is 4.90 Å². The second-order valence-corrected chi connectivity index (χ2v) is 5.93. The zero-order chi connectivity index (χ0) is 11.7. The van der Waals surface area contributed by atoms with Gasteiger partial charge in [0.25, 0.3) is 0 Å². The third-order valence-corrected chi connectivity index (χ3v) is 4.58. The highest BCUT2D eigenvalue weighted by Gasteiger charge is 2.20. The first-order valence-electron chi connectivity index (χ1n) is 6.81. The Kier molecular flexibility index (Phi) is 3.52. The summed E-state index contributed by atoms with van der Waals surface area (Å²) in [7, 11) is 0. The molecule has 0 saturated carbocycles. The maximum absolute atomic E-state index is 4.72. The van der Waals surface area contributed by atoms with Gasteiger partial charge in [0.15, 0.2) is 4.73 Å². The summed E-state index contributed by atoms with van der Waals surface area (Å²) in [6.45, 7) is 4.71. The molecule has 0 amide bonds. The SMILES string of the molecule is Brc1nc(CN2CCCCC2)c2n1CCCC2. The number of hydrogen-bond donors (Lipinski definition) is 0. The van der Waals surface area contributed by atoms with Crippen molar-refractivity contribution in [2.24, 2.45) is 0 Å². The van der Waals surface area contributed by atoms with Crippen molar-refractivity contribution in [1.29, 1.82) is 0 Å². The quantitative estimate of drug-likeness (QED) is 0.837. The largest absolute Gasteiger partial charge is 0.322 e. The number of halogens is 1. The Morgan fingerprint density at radius 2 is 1.76 bits per heavy atom. The predicted octanol–water partition coefficient (Wildman–Crippen LogP) is 2.97. The summed E-state index contributed by atoms with van der Waals surface area (Å²) in [5.74, 6) is 0. The van der Waals surface area contributed by atoms with Crippen LogP contribution in [0.4, 0.5) is 0 Å². The summed E-state index contributed by atoms with van der Waals surface area (Å²) in [6, 6.07) is 0. The van der Waals surface area contributed by atoms with Crippen molar-refractivity contribution >= 4 is 15.9 Å². The van der Waals surface area contributed by atoms with Crippen LogP contribution in [0.5, 0.6) is 0 Å². The van der Waals surface area contributed by atoms with Crippen LogP contribution >= 0.6 is 15.9 Å². The third-order valence-electron chi connectivity index (χ3n) is 3.98. The Hall–Kier alpha value is -0.350. The van der Waals surface area contributed by atoms with Crippen molar-refractivity contribution in [1.82, 2.24) is 14.5 Å². The van der Waals surface area contributed by atoms with E-state index in [1.165, 1.54) is 63.0 Å². The molecule has 3 nitrogen and oxygen atoms in total. The topological polar surface area (TPSA) is 21.1 Å². The fourth-order valence-corrected chi connectivity index (χ4v) is 3.63. The van der Waals surface area contributed by atoms with E-state index < -0.39 is 0 Å². The van der Waals surface area contributed by atoms with E-state index in [0.717, 1.165) is 17.8 Å².